The summed E-state index contributed by atoms with van der Waals surface area (Å²) in [5, 5.41) is 0. The molecule has 0 N–H and O–H groups in total. The summed E-state index contributed by atoms with van der Waals surface area (Å²) in [5.41, 5.74) is 2.04. The monoisotopic (exact) mass is 482 g/mol. The Balaban J connectivity index is 1.56. The van der Waals surface area contributed by atoms with Crippen LogP contribution in [0.15, 0.2) is 36.7 Å². The lowest BCUT2D eigenvalue weighted by Gasteiger charge is -2.26. The number of benzene rings is 1. The van der Waals surface area contributed by atoms with Crippen molar-refractivity contribution in [3.8, 4) is 0 Å². The van der Waals surface area contributed by atoms with Gasteiger partial charge in [0, 0.05) is 47.5 Å². The van der Waals surface area contributed by atoms with Crippen LogP contribution in [0.2, 0.25) is 0 Å². The van der Waals surface area contributed by atoms with E-state index in [1.807, 2.05) is 6.07 Å². The Kier molecular flexibility index (Phi) is 7.72. The van der Waals surface area contributed by atoms with E-state index < -0.39 is 0 Å². The lowest BCUT2D eigenvalue weighted by Crippen LogP contribution is -2.36. The summed E-state index contributed by atoms with van der Waals surface area (Å²) in [6, 6.07) is 6.92. The standard InChI is InChI=1S/C21H24FIN2O2/c22-20-14-18(23)5-4-16(20)13-17-15-24-7-6-19(17)21(26)3-1-2-8-25-9-11-27-12-10-25/h4-7,14-15H,1-3,8-13H2. The fourth-order valence-corrected chi connectivity index (χ4v) is 3.74. The molecule has 0 radical (unpaired) electrons. The molecule has 1 saturated heterocycles. The zero-order valence-electron chi connectivity index (χ0n) is 15.3. The second-order valence-corrected chi connectivity index (χ2v) is 8.03. The number of Topliss-reactive ketones (excluding diaryl/α,β-unsaturated/α-hetero) is 1. The highest BCUT2D eigenvalue weighted by Gasteiger charge is 2.14. The van der Waals surface area contributed by atoms with E-state index in [1.54, 1.807) is 24.5 Å². The molecule has 0 unspecified atom stereocenters. The third-order valence-corrected chi connectivity index (χ3v) is 5.50. The molecule has 0 amide bonds. The van der Waals surface area contributed by atoms with Gasteiger partial charge in [0.25, 0.3) is 0 Å². The van der Waals surface area contributed by atoms with Crippen LogP contribution in [0.5, 0.6) is 0 Å². The lowest BCUT2D eigenvalue weighted by molar-refractivity contribution is 0.0371. The molecule has 1 aromatic heterocycles. The number of hydrogen-bond donors (Lipinski definition) is 0. The molecule has 4 nitrogen and oxygen atoms in total. The normalized spacial score (nSPS) is 15.0. The molecule has 1 aliphatic heterocycles. The van der Waals surface area contributed by atoms with Gasteiger partial charge in [-0.1, -0.05) is 6.07 Å². The number of ketones is 1. The van der Waals surface area contributed by atoms with Gasteiger partial charge in [0.1, 0.15) is 5.82 Å². The molecule has 27 heavy (non-hydrogen) atoms. The van der Waals surface area contributed by atoms with Gasteiger partial charge < -0.3 is 4.74 Å². The van der Waals surface area contributed by atoms with Gasteiger partial charge in [-0.05, 0) is 71.3 Å². The van der Waals surface area contributed by atoms with Gasteiger partial charge in [0.05, 0.1) is 13.2 Å². The number of hydrogen-bond acceptors (Lipinski definition) is 4. The molecule has 3 rings (SSSR count). The van der Waals surface area contributed by atoms with Crippen LogP contribution in [0.4, 0.5) is 4.39 Å². The smallest absolute Gasteiger partial charge is 0.163 e. The molecule has 1 aromatic carbocycles. The Hall–Kier alpha value is -1.38. The third-order valence-electron chi connectivity index (χ3n) is 4.83. The fraction of sp³-hybridized carbons (Fsp3) is 0.429. The molecule has 0 bridgehead atoms. The number of halogens is 2. The highest BCUT2D eigenvalue weighted by atomic mass is 127. The number of unbranched alkanes of at least 4 members (excludes halogenated alkanes) is 1. The van der Waals surface area contributed by atoms with E-state index in [0.717, 1.165) is 54.8 Å². The number of ether oxygens (including phenoxy) is 1. The van der Waals surface area contributed by atoms with Crippen LogP contribution in [-0.2, 0) is 11.2 Å². The zero-order valence-corrected chi connectivity index (χ0v) is 17.5. The van der Waals surface area contributed by atoms with E-state index in [4.69, 9.17) is 4.74 Å². The average molecular weight is 482 g/mol. The summed E-state index contributed by atoms with van der Waals surface area (Å²) in [4.78, 5) is 19.2. The fourth-order valence-electron chi connectivity index (χ4n) is 3.29. The van der Waals surface area contributed by atoms with Crippen molar-refractivity contribution >= 4 is 28.4 Å². The molecule has 0 saturated carbocycles. The summed E-state index contributed by atoms with van der Waals surface area (Å²) in [7, 11) is 0. The van der Waals surface area contributed by atoms with Gasteiger partial charge >= 0.3 is 0 Å². The van der Waals surface area contributed by atoms with Crippen LogP contribution in [0.1, 0.15) is 40.7 Å². The molecule has 1 aliphatic rings. The highest BCUT2D eigenvalue weighted by molar-refractivity contribution is 14.1. The van der Waals surface area contributed by atoms with E-state index >= 15 is 0 Å². The van der Waals surface area contributed by atoms with Crippen LogP contribution < -0.4 is 0 Å². The molecule has 6 heteroatoms. The van der Waals surface area contributed by atoms with Crippen LogP contribution >= 0.6 is 22.6 Å². The molecule has 2 heterocycles. The minimum Gasteiger partial charge on any atom is -0.379 e. The number of rotatable bonds is 8. The first-order chi connectivity index (χ1) is 13.1. The topological polar surface area (TPSA) is 42.4 Å². The third kappa shape index (κ3) is 6.05. The van der Waals surface area contributed by atoms with Crippen molar-refractivity contribution in [1.82, 2.24) is 9.88 Å². The van der Waals surface area contributed by atoms with Crippen molar-refractivity contribution in [3.05, 3.63) is 62.7 Å². The minimum absolute atomic E-state index is 0.111. The predicted octanol–water partition coefficient (Wildman–Crippen LogP) is 4.10. The largest absolute Gasteiger partial charge is 0.379 e. The SMILES string of the molecule is O=C(CCCCN1CCOCC1)c1ccncc1Cc1ccc(I)cc1F. The number of pyridine rings is 1. The van der Waals surface area contributed by atoms with E-state index in [-0.39, 0.29) is 11.6 Å². The van der Waals surface area contributed by atoms with Gasteiger partial charge in [0.2, 0.25) is 0 Å². The second-order valence-electron chi connectivity index (χ2n) is 6.78. The first-order valence-corrected chi connectivity index (χ1v) is 10.4. The summed E-state index contributed by atoms with van der Waals surface area (Å²) in [6.07, 6.45) is 6.06. The Morgan fingerprint density at radius 3 is 2.78 bits per heavy atom. The lowest BCUT2D eigenvalue weighted by atomic mass is 9.97. The van der Waals surface area contributed by atoms with Crippen LogP contribution in [0.3, 0.4) is 0 Å². The molecule has 144 valence electrons. The maximum absolute atomic E-state index is 14.2. The van der Waals surface area contributed by atoms with Gasteiger partial charge in [-0.3, -0.25) is 14.7 Å². The van der Waals surface area contributed by atoms with Crippen molar-refractivity contribution < 1.29 is 13.9 Å². The molecule has 1 fully saturated rings. The molecular weight excluding hydrogens is 458 g/mol. The molecular formula is C21H24FIN2O2. The van der Waals surface area contributed by atoms with E-state index in [9.17, 15) is 9.18 Å². The first kappa shape index (κ1) is 20.4. The summed E-state index contributed by atoms with van der Waals surface area (Å²) in [5.74, 6) is -0.130. The number of morpholine rings is 1. The van der Waals surface area contributed by atoms with Crippen molar-refractivity contribution in [3.63, 3.8) is 0 Å². The van der Waals surface area contributed by atoms with Crippen LogP contribution in [0, 0.1) is 9.39 Å². The number of carbonyl (C=O) groups is 1. The highest BCUT2D eigenvalue weighted by Crippen LogP contribution is 2.20. The molecule has 0 atom stereocenters. The Labute approximate surface area is 173 Å². The number of aromatic nitrogens is 1. The maximum atomic E-state index is 14.2. The first-order valence-electron chi connectivity index (χ1n) is 9.33. The minimum atomic E-state index is -0.241. The number of nitrogens with zero attached hydrogens (tertiary/aromatic N) is 2. The van der Waals surface area contributed by atoms with Crippen LogP contribution in [-0.4, -0.2) is 48.5 Å². The number of carbonyl (C=O) groups excluding carboxylic acids is 1. The van der Waals surface area contributed by atoms with Crippen molar-refractivity contribution in [1.29, 1.82) is 0 Å². The Morgan fingerprint density at radius 2 is 2.00 bits per heavy atom. The van der Waals surface area contributed by atoms with Crippen molar-refractivity contribution in [2.75, 3.05) is 32.8 Å². The Bertz CT molecular complexity index is 779. The quantitative estimate of drug-likeness (QED) is 0.323. The van der Waals surface area contributed by atoms with E-state index in [1.165, 1.54) is 6.07 Å². The van der Waals surface area contributed by atoms with Gasteiger partial charge in [0.15, 0.2) is 5.78 Å². The van der Waals surface area contributed by atoms with E-state index in [2.05, 4.69) is 32.5 Å². The summed E-state index contributed by atoms with van der Waals surface area (Å²) >= 11 is 2.09. The predicted molar refractivity (Wildman–Crippen MR) is 112 cm³/mol. The second kappa shape index (κ2) is 10.2. The Morgan fingerprint density at radius 1 is 1.19 bits per heavy atom. The van der Waals surface area contributed by atoms with Crippen LogP contribution in [0.25, 0.3) is 0 Å². The van der Waals surface area contributed by atoms with E-state index in [0.29, 0.717) is 24.0 Å². The van der Waals surface area contributed by atoms with Gasteiger partial charge in [-0.2, -0.15) is 0 Å². The summed E-state index contributed by atoms with van der Waals surface area (Å²) in [6.45, 7) is 4.56. The molecule has 0 aliphatic carbocycles. The van der Waals surface area contributed by atoms with Crippen molar-refractivity contribution in [2.45, 2.75) is 25.7 Å². The van der Waals surface area contributed by atoms with Crippen molar-refractivity contribution in [2.24, 2.45) is 0 Å². The van der Waals surface area contributed by atoms with Gasteiger partial charge in [-0.15, -0.1) is 0 Å². The van der Waals surface area contributed by atoms with Gasteiger partial charge in [-0.25, -0.2) is 4.39 Å². The maximum Gasteiger partial charge on any atom is 0.163 e. The molecule has 0 spiro atoms. The zero-order chi connectivity index (χ0) is 19.1. The average Bonchev–Trinajstić information content (AvgIpc) is 2.68. The summed E-state index contributed by atoms with van der Waals surface area (Å²) < 4.78 is 20.4. The molecule has 2 aromatic rings.